The topological polar surface area (TPSA) is 97.5 Å². The van der Waals surface area contributed by atoms with Gasteiger partial charge >= 0.3 is 5.97 Å². The summed E-state index contributed by atoms with van der Waals surface area (Å²) in [6.07, 6.45) is 0. The second-order valence-corrected chi connectivity index (χ2v) is 5.39. The molecule has 1 aromatic heterocycles. The SMILES string of the molecule is COc1ccc(C(C)Nc2nc(C(N)C(=O)O)cs2)cc1. The number of carboxylic acids is 1. The minimum atomic E-state index is -1.09. The average molecular weight is 307 g/mol. The fourth-order valence-electron chi connectivity index (χ4n) is 1.78. The van der Waals surface area contributed by atoms with E-state index in [1.54, 1.807) is 12.5 Å². The first-order chi connectivity index (χ1) is 10.0. The van der Waals surface area contributed by atoms with Crippen molar-refractivity contribution in [3.63, 3.8) is 0 Å². The van der Waals surface area contributed by atoms with Gasteiger partial charge in [0.15, 0.2) is 5.13 Å². The predicted octanol–water partition coefficient (Wildman–Crippen LogP) is 2.41. The molecule has 0 aliphatic carbocycles. The van der Waals surface area contributed by atoms with Gasteiger partial charge in [0.1, 0.15) is 11.8 Å². The molecule has 112 valence electrons. The summed E-state index contributed by atoms with van der Waals surface area (Å²) in [5, 5.41) is 14.4. The van der Waals surface area contributed by atoms with E-state index in [9.17, 15) is 4.79 Å². The number of aliphatic carboxylic acids is 1. The molecule has 1 heterocycles. The maximum Gasteiger partial charge on any atom is 0.326 e. The lowest BCUT2D eigenvalue weighted by atomic mass is 10.1. The van der Waals surface area contributed by atoms with Crippen LogP contribution in [0.2, 0.25) is 0 Å². The number of nitrogens with two attached hydrogens (primary N) is 1. The summed E-state index contributed by atoms with van der Waals surface area (Å²) in [5.74, 6) is -0.287. The fraction of sp³-hybridized carbons (Fsp3) is 0.286. The summed E-state index contributed by atoms with van der Waals surface area (Å²) in [6, 6.07) is 6.66. The summed E-state index contributed by atoms with van der Waals surface area (Å²) < 4.78 is 5.12. The van der Waals surface area contributed by atoms with Gasteiger partial charge in [-0.15, -0.1) is 11.3 Å². The van der Waals surface area contributed by atoms with Crippen LogP contribution in [0.4, 0.5) is 5.13 Å². The van der Waals surface area contributed by atoms with Crippen molar-refractivity contribution < 1.29 is 14.6 Å². The van der Waals surface area contributed by atoms with Gasteiger partial charge < -0.3 is 20.9 Å². The maximum atomic E-state index is 10.8. The van der Waals surface area contributed by atoms with Gasteiger partial charge in [0.2, 0.25) is 0 Å². The van der Waals surface area contributed by atoms with Crippen molar-refractivity contribution in [2.45, 2.75) is 19.0 Å². The third-order valence-corrected chi connectivity index (χ3v) is 3.85. The predicted molar refractivity (Wildman–Crippen MR) is 81.7 cm³/mol. The van der Waals surface area contributed by atoms with Crippen LogP contribution >= 0.6 is 11.3 Å². The summed E-state index contributed by atoms with van der Waals surface area (Å²) in [7, 11) is 1.62. The number of carbonyl (C=O) groups is 1. The molecular weight excluding hydrogens is 290 g/mol. The quantitative estimate of drug-likeness (QED) is 0.758. The Kier molecular flexibility index (Phi) is 4.77. The molecule has 0 radical (unpaired) electrons. The van der Waals surface area contributed by atoms with Crippen LogP contribution < -0.4 is 15.8 Å². The molecule has 2 rings (SSSR count). The smallest absolute Gasteiger partial charge is 0.326 e. The zero-order chi connectivity index (χ0) is 15.4. The highest BCUT2D eigenvalue weighted by molar-refractivity contribution is 7.13. The number of benzene rings is 1. The Hall–Kier alpha value is -2.12. The number of carboxylic acid groups (broad SMARTS) is 1. The summed E-state index contributed by atoms with van der Waals surface area (Å²) in [6.45, 7) is 2.00. The molecular formula is C14H17N3O3S. The van der Waals surface area contributed by atoms with Gasteiger partial charge in [-0.25, -0.2) is 4.98 Å². The van der Waals surface area contributed by atoms with Crippen LogP contribution in [0.3, 0.4) is 0 Å². The van der Waals surface area contributed by atoms with Gasteiger partial charge in [-0.2, -0.15) is 0 Å². The first-order valence-electron chi connectivity index (χ1n) is 6.35. The van der Waals surface area contributed by atoms with Gasteiger partial charge in [-0.05, 0) is 24.6 Å². The second-order valence-electron chi connectivity index (χ2n) is 4.53. The van der Waals surface area contributed by atoms with Crippen LogP contribution in [-0.2, 0) is 4.79 Å². The molecule has 6 nitrogen and oxygen atoms in total. The Morgan fingerprint density at radius 1 is 1.43 bits per heavy atom. The number of nitrogens with zero attached hydrogens (tertiary/aromatic N) is 1. The second kappa shape index (κ2) is 6.55. The summed E-state index contributed by atoms with van der Waals surface area (Å²) in [4.78, 5) is 15.0. The van der Waals surface area contributed by atoms with Crippen LogP contribution in [0.5, 0.6) is 5.75 Å². The molecule has 4 N–H and O–H groups in total. The van der Waals surface area contributed by atoms with E-state index >= 15 is 0 Å². The molecule has 0 aliphatic rings. The van der Waals surface area contributed by atoms with Crippen LogP contribution in [0.25, 0.3) is 0 Å². The third-order valence-electron chi connectivity index (χ3n) is 3.06. The number of anilines is 1. The number of thiazole rings is 1. The van der Waals surface area contributed by atoms with Gasteiger partial charge in [-0.1, -0.05) is 12.1 Å². The Balaban J connectivity index is 2.05. The maximum absolute atomic E-state index is 10.8. The van der Waals surface area contributed by atoms with E-state index in [-0.39, 0.29) is 6.04 Å². The zero-order valence-corrected chi connectivity index (χ0v) is 12.6. The number of ether oxygens (including phenoxy) is 1. The van der Waals surface area contributed by atoms with E-state index in [2.05, 4.69) is 10.3 Å². The standard InChI is InChI=1S/C14H17N3O3S/c1-8(9-3-5-10(20-2)6-4-9)16-14-17-11(7-21-14)12(15)13(18)19/h3-8,12H,15H2,1-2H3,(H,16,17)(H,18,19). The van der Waals surface area contributed by atoms with Crippen molar-refractivity contribution in [3.8, 4) is 5.75 Å². The monoisotopic (exact) mass is 307 g/mol. The van der Waals surface area contributed by atoms with Crippen molar-refractivity contribution in [2.75, 3.05) is 12.4 Å². The first-order valence-corrected chi connectivity index (χ1v) is 7.23. The number of methoxy groups -OCH3 is 1. The lowest BCUT2D eigenvalue weighted by Crippen LogP contribution is -2.21. The molecule has 2 aromatic rings. The van der Waals surface area contributed by atoms with Crippen LogP contribution in [0.1, 0.15) is 30.3 Å². The lowest BCUT2D eigenvalue weighted by Gasteiger charge is -2.13. The van der Waals surface area contributed by atoms with Gasteiger partial charge in [0.25, 0.3) is 0 Å². The van der Waals surface area contributed by atoms with Crippen molar-refractivity contribution in [1.82, 2.24) is 4.98 Å². The van der Waals surface area contributed by atoms with Crippen LogP contribution in [-0.4, -0.2) is 23.2 Å². The normalized spacial score (nSPS) is 13.5. The summed E-state index contributed by atoms with van der Waals surface area (Å²) >= 11 is 1.34. The highest BCUT2D eigenvalue weighted by atomic mass is 32.1. The number of hydrogen-bond donors (Lipinski definition) is 3. The van der Waals surface area contributed by atoms with Crippen molar-refractivity contribution in [1.29, 1.82) is 0 Å². The Morgan fingerprint density at radius 3 is 2.67 bits per heavy atom. The highest BCUT2D eigenvalue weighted by Crippen LogP contribution is 2.25. The van der Waals surface area contributed by atoms with Crippen molar-refractivity contribution >= 4 is 22.4 Å². The van der Waals surface area contributed by atoms with E-state index in [0.29, 0.717) is 10.8 Å². The third kappa shape index (κ3) is 3.71. The van der Waals surface area contributed by atoms with Gasteiger partial charge in [-0.3, -0.25) is 4.79 Å². The molecule has 0 aliphatic heterocycles. The van der Waals surface area contributed by atoms with E-state index in [1.165, 1.54) is 11.3 Å². The average Bonchev–Trinajstić information content (AvgIpc) is 2.94. The Bertz CT molecular complexity index is 612. The van der Waals surface area contributed by atoms with Crippen molar-refractivity contribution in [3.05, 3.63) is 40.9 Å². The molecule has 0 bridgehead atoms. The molecule has 0 amide bonds. The molecule has 0 spiro atoms. The summed E-state index contributed by atoms with van der Waals surface area (Å²) in [5.41, 5.74) is 6.97. The molecule has 7 heteroatoms. The van der Waals surface area contributed by atoms with Crippen LogP contribution in [0.15, 0.2) is 29.6 Å². The lowest BCUT2D eigenvalue weighted by molar-refractivity contribution is -0.138. The molecule has 2 unspecified atom stereocenters. The van der Waals surface area contributed by atoms with Gasteiger partial charge in [0, 0.05) is 5.38 Å². The molecule has 1 aromatic carbocycles. The Morgan fingerprint density at radius 2 is 2.10 bits per heavy atom. The number of hydrogen-bond acceptors (Lipinski definition) is 6. The molecule has 2 atom stereocenters. The fourth-order valence-corrected chi connectivity index (χ4v) is 2.62. The number of aromatic nitrogens is 1. The van der Waals surface area contributed by atoms with Gasteiger partial charge in [0.05, 0.1) is 18.8 Å². The minimum Gasteiger partial charge on any atom is -0.497 e. The van der Waals surface area contributed by atoms with E-state index in [0.717, 1.165) is 11.3 Å². The molecule has 0 fully saturated rings. The largest absolute Gasteiger partial charge is 0.497 e. The van der Waals surface area contributed by atoms with E-state index < -0.39 is 12.0 Å². The number of nitrogens with one attached hydrogen (secondary N) is 1. The van der Waals surface area contributed by atoms with E-state index in [1.807, 2.05) is 31.2 Å². The molecule has 21 heavy (non-hydrogen) atoms. The van der Waals surface area contributed by atoms with E-state index in [4.69, 9.17) is 15.6 Å². The molecule has 0 saturated carbocycles. The molecule has 0 saturated heterocycles. The van der Waals surface area contributed by atoms with Crippen LogP contribution in [0, 0.1) is 0 Å². The highest BCUT2D eigenvalue weighted by Gasteiger charge is 2.18. The Labute approximate surface area is 126 Å². The first kappa shape index (κ1) is 15.3. The zero-order valence-electron chi connectivity index (χ0n) is 11.7. The minimum absolute atomic E-state index is 0.0379. The number of rotatable bonds is 6. The van der Waals surface area contributed by atoms with Crippen molar-refractivity contribution in [2.24, 2.45) is 5.73 Å².